The van der Waals surface area contributed by atoms with Gasteiger partial charge in [-0.25, -0.2) is 4.39 Å². The standard InChI is InChI=1S/C23H27FN4O3/c1-16(29)27(2)19-11-13-28(14-12-19)15-22(30)26-21-6-4-3-5-20(21)23(31)25-18-9-7-17(24)8-10-18/h3-10,19H,11-15H2,1-2H3,(H,25,31)(H,26,30). The Kier molecular flexibility index (Phi) is 7.36. The number of anilines is 2. The first-order valence-corrected chi connectivity index (χ1v) is 10.2. The Balaban J connectivity index is 1.57. The average molecular weight is 426 g/mol. The zero-order chi connectivity index (χ0) is 22.4. The van der Waals surface area contributed by atoms with Gasteiger partial charge in [0.05, 0.1) is 17.8 Å². The largest absolute Gasteiger partial charge is 0.343 e. The Morgan fingerprint density at radius 1 is 1.03 bits per heavy atom. The van der Waals surface area contributed by atoms with E-state index >= 15 is 0 Å². The summed E-state index contributed by atoms with van der Waals surface area (Å²) in [6, 6.07) is 12.4. The van der Waals surface area contributed by atoms with Gasteiger partial charge >= 0.3 is 0 Å². The SMILES string of the molecule is CC(=O)N(C)C1CCN(CC(=O)Nc2ccccc2C(=O)Nc2ccc(F)cc2)CC1. The fraction of sp³-hybridized carbons (Fsp3) is 0.348. The number of para-hydroxylation sites is 1. The molecule has 2 aromatic carbocycles. The third-order valence-electron chi connectivity index (χ3n) is 5.52. The number of carbonyl (C=O) groups excluding carboxylic acids is 3. The normalized spacial score (nSPS) is 14.7. The zero-order valence-electron chi connectivity index (χ0n) is 17.7. The summed E-state index contributed by atoms with van der Waals surface area (Å²) in [6.45, 7) is 3.22. The Labute approximate surface area is 181 Å². The van der Waals surface area contributed by atoms with Crippen LogP contribution in [0.1, 0.15) is 30.1 Å². The van der Waals surface area contributed by atoms with Gasteiger partial charge in [-0.2, -0.15) is 0 Å². The van der Waals surface area contributed by atoms with Crippen molar-refractivity contribution in [1.82, 2.24) is 9.80 Å². The van der Waals surface area contributed by atoms with Crippen LogP contribution < -0.4 is 10.6 Å². The van der Waals surface area contributed by atoms with Crippen molar-refractivity contribution in [3.05, 3.63) is 59.9 Å². The minimum atomic E-state index is -0.393. The Hall–Kier alpha value is -3.26. The maximum Gasteiger partial charge on any atom is 0.257 e. The van der Waals surface area contributed by atoms with Crippen molar-refractivity contribution in [3.63, 3.8) is 0 Å². The molecule has 31 heavy (non-hydrogen) atoms. The molecule has 7 nitrogen and oxygen atoms in total. The van der Waals surface area contributed by atoms with E-state index in [-0.39, 0.29) is 30.2 Å². The molecule has 0 radical (unpaired) electrons. The van der Waals surface area contributed by atoms with Gasteiger partial charge in [0.25, 0.3) is 5.91 Å². The zero-order valence-corrected chi connectivity index (χ0v) is 17.7. The first-order valence-electron chi connectivity index (χ1n) is 10.2. The molecule has 1 saturated heterocycles. The van der Waals surface area contributed by atoms with Crippen LogP contribution in [0.5, 0.6) is 0 Å². The molecule has 0 bridgehead atoms. The van der Waals surface area contributed by atoms with Gasteiger partial charge in [-0.15, -0.1) is 0 Å². The van der Waals surface area contributed by atoms with E-state index in [1.54, 1.807) is 36.1 Å². The van der Waals surface area contributed by atoms with Crippen LogP contribution >= 0.6 is 0 Å². The van der Waals surface area contributed by atoms with E-state index in [9.17, 15) is 18.8 Å². The molecule has 0 aliphatic carbocycles. The first kappa shape index (κ1) is 22.4. The van der Waals surface area contributed by atoms with Gasteiger partial charge in [0.2, 0.25) is 11.8 Å². The van der Waals surface area contributed by atoms with Gasteiger partial charge in [-0.05, 0) is 49.2 Å². The van der Waals surface area contributed by atoms with Crippen molar-refractivity contribution in [1.29, 1.82) is 0 Å². The van der Waals surface area contributed by atoms with Crippen LogP contribution in [-0.2, 0) is 9.59 Å². The fourth-order valence-corrected chi connectivity index (χ4v) is 3.64. The number of likely N-dealkylation sites (tertiary alicyclic amines) is 1. The number of halogens is 1. The number of nitrogens with one attached hydrogen (secondary N) is 2. The number of hydrogen-bond acceptors (Lipinski definition) is 4. The molecule has 1 fully saturated rings. The van der Waals surface area contributed by atoms with Crippen LogP contribution in [-0.4, -0.2) is 60.2 Å². The topological polar surface area (TPSA) is 81.8 Å². The molecule has 1 aliphatic rings. The molecule has 8 heteroatoms. The molecular formula is C23H27FN4O3. The molecule has 2 N–H and O–H groups in total. The van der Waals surface area contributed by atoms with Crippen molar-refractivity contribution in [2.45, 2.75) is 25.8 Å². The van der Waals surface area contributed by atoms with E-state index in [4.69, 9.17) is 0 Å². The Bertz CT molecular complexity index is 940. The summed E-state index contributed by atoms with van der Waals surface area (Å²) < 4.78 is 13.1. The third-order valence-corrected chi connectivity index (χ3v) is 5.52. The molecule has 0 saturated carbocycles. The maximum atomic E-state index is 13.1. The summed E-state index contributed by atoms with van der Waals surface area (Å²) >= 11 is 0. The lowest BCUT2D eigenvalue weighted by atomic mass is 10.0. The lowest BCUT2D eigenvalue weighted by Crippen LogP contribution is -2.46. The molecule has 3 amide bonds. The van der Waals surface area contributed by atoms with Crippen molar-refractivity contribution in [2.24, 2.45) is 0 Å². The van der Waals surface area contributed by atoms with Gasteiger partial charge in [0.1, 0.15) is 5.82 Å². The lowest BCUT2D eigenvalue weighted by Gasteiger charge is -2.36. The molecule has 0 unspecified atom stereocenters. The van der Waals surface area contributed by atoms with E-state index in [2.05, 4.69) is 10.6 Å². The predicted octanol–water partition coefficient (Wildman–Crippen LogP) is 2.96. The average Bonchev–Trinajstić information content (AvgIpc) is 2.75. The Morgan fingerprint density at radius 2 is 1.68 bits per heavy atom. The third kappa shape index (κ3) is 6.11. The highest BCUT2D eigenvalue weighted by atomic mass is 19.1. The van der Waals surface area contributed by atoms with Crippen molar-refractivity contribution < 1.29 is 18.8 Å². The van der Waals surface area contributed by atoms with E-state index in [1.165, 1.54) is 24.3 Å². The molecular weight excluding hydrogens is 399 g/mol. The molecule has 0 atom stereocenters. The summed E-state index contributed by atoms with van der Waals surface area (Å²) in [6.07, 6.45) is 1.64. The molecule has 0 aromatic heterocycles. The fourth-order valence-electron chi connectivity index (χ4n) is 3.64. The van der Waals surface area contributed by atoms with Crippen molar-refractivity contribution in [2.75, 3.05) is 37.3 Å². The number of amides is 3. The maximum absolute atomic E-state index is 13.1. The highest BCUT2D eigenvalue weighted by molar-refractivity contribution is 6.10. The van der Waals surface area contributed by atoms with Crippen molar-refractivity contribution in [3.8, 4) is 0 Å². The molecule has 0 spiro atoms. The Morgan fingerprint density at radius 3 is 2.32 bits per heavy atom. The number of hydrogen-bond donors (Lipinski definition) is 2. The second kappa shape index (κ2) is 10.2. The van der Waals surface area contributed by atoms with E-state index in [0.29, 0.717) is 16.9 Å². The number of piperidine rings is 1. The van der Waals surface area contributed by atoms with Crippen LogP contribution in [0.25, 0.3) is 0 Å². The second-order valence-electron chi connectivity index (χ2n) is 7.69. The highest BCUT2D eigenvalue weighted by Gasteiger charge is 2.25. The smallest absolute Gasteiger partial charge is 0.257 e. The van der Waals surface area contributed by atoms with Crippen LogP contribution in [0, 0.1) is 5.82 Å². The molecule has 2 aromatic rings. The first-order chi connectivity index (χ1) is 14.8. The number of benzene rings is 2. The van der Waals surface area contributed by atoms with Crippen LogP contribution in [0.4, 0.5) is 15.8 Å². The summed E-state index contributed by atoms with van der Waals surface area (Å²) in [5.41, 5.74) is 1.20. The van der Waals surface area contributed by atoms with Gasteiger partial charge in [-0.1, -0.05) is 12.1 Å². The number of carbonyl (C=O) groups is 3. The number of nitrogens with zero attached hydrogens (tertiary/aromatic N) is 2. The van der Waals surface area contributed by atoms with Gasteiger partial charge in [0, 0.05) is 38.8 Å². The quantitative estimate of drug-likeness (QED) is 0.744. The summed E-state index contributed by atoms with van der Waals surface area (Å²) in [4.78, 5) is 40.6. The minimum Gasteiger partial charge on any atom is -0.343 e. The molecule has 3 rings (SSSR count). The van der Waals surface area contributed by atoms with E-state index in [1.807, 2.05) is 11.9 Å². The summed E-state index contributed by atoms with van der Waals surface area (Å²) in [5, 5.41) is 5.53. The minimum absolute atomic E-state index is 0.0479. The monoisotopic (exact) mass is 426 g/mol. The van der Waals surface area contributed by atoms with Gasteiger partial charge < -0.3 is 15.5 Å². The van der Waals surface area contributed by atoms with Crippen LogP contribution in [0.15, 0.2) is 48.5 Å². The molecule has 1 heterocycles. The number of rotatable bonds is 6. The molecule has 1 aliphatic heterocycles. The van der Waals surface area contributed by atoms with E-state index in [0.717, 1.165) is 25.9 Å². The highest BCUT2D eigenvalue weighted by Crippen LogP contribution is 2.19. The summed E-state index contributed by atoms with van der Waals surface area (Å²) in [7, 11) is 1.81. The van der Waals surface area contributed by atoms with Crippen molar-refractivity contribution >= 4 is 29.1 Å². The van der Waals surface area contributed by atoms with Gasteiger partial charge in [0.15, 0.2) is 0 Å². The predicted molar refractivity (Wildman–Crippen MR) is 117 cm³/mol. The van der Waals surface area contributed by atoms with Crippen LogP contribution in [0.3, 0.4) is 0 Å². The van der Waals surface area contributed by atoms with Gasteiger partial charge in [-0.3, -0.25) is 19.3 Å². The summed E-state index contributed by atoms with van der Waals surface area (Å²) in [5.74, 6) is -0.939. The van der Waals surface area contributed by atoms with E-state index < -0.39 is 5.91 Å². The lowest BCUT2D eigenvalue weighted by molar-refractivity contribution is -0.130. The molecule has 164 valence electrons. The van der Waals surface area contributed by atoms with Crippen LogP contribution in [0.2, 0.25) is 0 Å². The second-order valence-corrected chi connectivity index (χ2v) is 7.69.